The zero-order valence-corrected chi connectivity index (χ0v) is 13.9. The largest absolute Gasteiger partial charge is 0.345 e. The monoisotopic (exact) mass is 316 g/mol. The number of nitrogens with one attached hydrogen (secondary N) is 1. The molecule has 0 aliphatic heterocycles. The van der Waals surface area contributed by atoms with E-state index in [1.807, 2.05) is 43.3 Å². The van der Waals surface area contributed by atoms with E-state index in [2.05, 4.69) is 31.4 Å². The van der Waals surface area contributed by atoms with E-state index in [4.69, 9.17) is 0 Å². The molecule has 0 aromatic carbocycles. The van der Waals surface area contributed by atoms with E-state index in [1.165, 1.54) is 0 Å². The lowest BCUT2D eigenvalue weighted by atomic mass is 10.3. The summed E-state index contributed by atoms with van der Waals surface area (Å²) in [7, 11) is 2.01. The van der Waals surface area contributed by atoms with Crippen LogP contribution in [-0.4, -0.2) is 34.8 Å². The standard InChI is InChI=1S/C15H20N6S/c1-4-12-18-11(2)13(19-12)14-16-6-8-21(14)9-10-22-15-17-5-7-20(15)3/h5-8H,4,9-10H2,1-3H3,(H,18,19). The third-order valence-electron chi connectivity index (χ3n) is 3.54. The van der Waals surface area contributed by atoms with Gasteiger partial charge in [-0.2, -0.15) is 0 Å². The predicted molar refractivity (Wildman–Crippen MR) is 87.9 cm³/mol. The molecular formula is C15H20N6S. The fraction of sp³-hybridized carbons (Fsp3) is 0.400. The number of rotatable bonds is 6. The summed E-state index contributed by atoms with van der Waals surface area (Å²) in [6.45, 7) is 5.02. The van der Waals surface area contributed by atoms with Crippen molar-refractivity contribution in [3.05, 3.63) is 36.3 Å². The van der Waals surface area contributed by atoms with Crippen molar-refractivity contribution >= 4 is 11.8 Å². The van der Waals surface area contributed by atoms with Crippen LogP contribution in [0.4, 0.5) is 0 Å². The molecule has 0 aliphatic rings. The summed E-state index contributed by atoms with van der Waals surface area (Å²) >= 11 is 1.74. The summed E-state index contributed by atoms with van der Waals surface area (Å²) in [6, 6.07) is 0. The van der Waals surface area contributed by atoms with Crippen molar-refractivity contribution in [2.24, 2.45) is 7.05 Å². The summed E-state index contributed by atoms with van der Waals surface area (Å²) < 4.78 is 4.18. The molecule has 0 saturated heterocycles. The molecule has 0 aliphatic carbocycles. The Morgan fingerprint density at radius 2 is 2.05 bits per heavy atom. The zero-order chi connectivity index (χ0) is 15.5. The van der Waals surface area contributed by atoms with Crippen molar-refractivity contribution < 1.29 is 0 Å². The van der Waals surface area contributed by atoms with Crippen molar-refractivity contribution in [2.75, 3.05) is 5.75 Å². The number of aromatic amines is 1. The van der Waals surface area contributed by atoms with E-state index in [1.54, 1.807) is 11.8 Å². The highest BCUT2D eigenvalue weighted by Crippen LogP contribution is 2.21. The fourth-order valence-electron chi connectivity index (χ4n) is 2.34. The molecule has 22 heavy (non-hydrogen) atoms. The van der Waals surface area contributed by atoms with Gasteiger partial charge in [0.1, 0.15) is 11.5 Å². The molecule has 7 heteroatoms. The highest BCUT2D eigenvalue weighted by molar-refractivity contribution is 7.99. The first-order valence-electron chi connectivity index (χ1n) is 7.36. The molecule has 0 fully saturated rings. The number of nitrogens with zero attached hydrogens (tertiary/aromatic N) is 5. The lowest BCUT2D eigenvalue weighted by Crippen LogP contribution is -2.03. The second-order valence-corrected chi connectivity index (χ2v) is 6.19. The molecule has 0 bridgehead atoms. The van der Waals surface area contributed by atoms with Gasteiger partial charge in [-0.15, -0.1) is 0 Å². The Labute approximate surface area is 134 Å². The van der Waals surface area contributed by atoms with Crippen LogP contribution >= 0.6 is 11.8 Å². The minimum atomic E-state index is 0.876. The smallest absolute Gasteiger partial charge is 0.167 e. The van der Waals surface area contributed by atoms with Gasteiger partial charge < -0.3 is 14.1 Å². The molecule has 3 aromatic heterocycles. The van der Waals surface area contributed by atoms with Crippen LogP contribution in [0.25, 0.3) is 11.5 Å². The quantitative estimate of drug-likeness (QED) is 0.710. The molecule has 0 atom stereocenters. The Balaban J connectivity index is 1.72. The van der Waals surface area contributed by atoms with Crippen molar-refractivity contribution in [3.63, 3.8) is 0 Å². The summed E-state index contributed by atoms with van der Waals surface area (Å²) in [6.07, 6.45) is 8.53. The minimum Gasteiger partial charge on any atom is -0.345 e. The summed E-state index contributed by atoms with van der Waals surface area (Å²) in [5, 5.41) is 1.03. The first-order valence-corrected chi connectivity index (χ1v) is 8.34. The molecule has 1 N–H and O–H groups in total. The Hall–Kier alpha value is -2.02. The number of imidazole rings is 3. The topological polar surface area (TPSA) is 64.3 Å². The Kier molecular flexibility index (Phi) is 4.33. The van der Waals surface area contributed by atoms with Gasteiger partial charge in [-0.3, -0.25) is 0 Å². The van der Waals surface area contributed by atoms with Gasteiger partial charge in [0.05, 0.1) is 0 Å². The van der Waals surface area contributed by atoms with Gasteiger partial charge >= 0.3 is 0 Å². The molecule has 116 valence electrons. The number of aromatic nitrogens is 6. The third-order valence-corrected chi connectivity index (χ3v) is 4.57. The molecule has 0 unspecified atom stereocenters. The van der Waals surface area contributed by atoms with Gasteiger partial charge in [-0.25, -0.2) is 15.0 Å². The molecule has 6 nitrogen and oxygen atoms in total. The first kappa shape index (κ1) is 14.9. The van der Waals surface area contributed by atoms with Gasteiger partial charge in [0.25, 0.3) is 0 Å². The average molecular weight is 316 g/mol. The zero-order valence-electron chi connectivity index (χ0n) is 13.1. The first-order chi connectivity index (χ1) is 10.7. The summed E-state index contributed by atoms with van der Waals surface area (Å²) in [4.78, 5) is 16.8. The highest BCUT2D eigenvalue weighted by Gasteiger charge is 2.13. The minimum absolute atomic E-state index is 0.876. The van der Waals surface area contributed by atoms with Crippen LogP contribution in [0.5, 0.6) is 0 Å². The normalized spacial score (nSPS) is 11.2. The van der Waals surface area contributed by atoms with Gasteiger partial charge in [0, 0.05) is 56.2 Å². The van der Waals surface area contributed by atoms with E-state index in [9.17, 15) is 0 Å². The number of H-pyrrole nitrogens is 1. The molecular weight excluding hydrogens is 296 g/mol. The Morgan fingerprint density at radius 1 is 1.23 bits per heavy atom. The lowest BCUT2D eigenvalue weighted by Gasteiger charge is -2.06. The van der Waals surface area contributed by atoms with Crippen molar-refractivity contribution in [3.8, 4) is 11.5 Å². The third kappa shape index (κ3) is 2.94. The molecule has 3 aromatic rings. The van der Waals surface area contributed by atoms with Gasteiger partial charge in [-0.05, 0) is 6.92 Å². The van der Waals surface area contributed by atoms with Crippen molar-refractivity contribution in [2.45, 2.75) is 32.0 Å². The van der Waals surface area contributed by atoms with E-state index in [-0.39, 0.29) is 0 Å². The van der Waals surface area contributed by atoms with Gasteiger partial charge in [-0.1, -0.05) is 18.7 Å². The van der Waals surface area contributed by atoms with E-state index in [0.29, 0.717) is 0 Å². The number of hydrogen-bond acceptors (Lipinski definition) is 4. The molecule has 3 heterocycles. The van der Waals surface area contributed by atoms with Crippen LogP contribution in [0.2, 0.25) is 0 Å². The lowest BCUT2D eigenvalue weighted by molar-refractivity contribution is 0.762. The maximum Gasteiger partial charge on any atom is 0.167 e. The average Bonchev–Trinajstić information content (AvgIpc) is 3.20. The highest BCUT2D eigenvalue weighted by atomic mass is 32.2. The summed E-state index contributed by atoms with van der Waals surface area (Å²) in [5.41, 5.74) is 2.02. The Morgan fingerprint density at radius 3 is 2.73 bits per heavy atom. The SMILES string of the molecule is CCc1nc(-c2nccn2CCSc2nccn2C)c(C)[nH]1. The van der Waals surface area contributed by atoms with E-state index >= 15 is 0 Å². The van der Waals surface area contributed by atoms with Crippen LogP contribution < -0.4 is 0 Å². The number of thioether (sulfide) groups is 1. The molecule has 0 saturated carbocycles. The van der Waals surface area contributed by atoms with Crippen LogP contribution in [-0.2, 0) is 20.0 Å². The second kappa shape index (κ2) is 6.39. The molecule has 0 radical (unpaired) electrons. The molecule has 0 spiro atoms. The fourth-order valence-corrected chi connectivity index (χ4v) is 3.21. The predicted octanol–water partition coefficient (Wildman–Crippen LogP) is 2.67. The van der Waals surface area contributed by atoms with Gasteiger partial charge in [0.15, 0.2) is 11.0 Å². The van der Waals surface area contributed by atoms with Crippen LogP contribution in [0.1, 0.15) is 18.4 Å². The summed E-state index contributed by atoms with van der Waals surface area (Å²) in [5.74, 6) is 2.87. The van der Waals surface area contributed by atoms with Crippen molar-refractivity contribution in [1.82, 2.24) is 29.1 Å². The molecule has 3 rings (SSSR count). The molecule has 0 amide bonds. The maximum atomic E-state index is 4.64. The van der Waals surface area contributed by atoms with E-state index in [0.717, 1.165) is 46.9 Å². The maximum absolute atomic E-state index is 4.64. The van der Waals surface area contributed by atoms with Crippen LogP contribution in [0.15, 0.2) is 29.9 Å². The second-order valence-electron chi connectivity index (χ2n) is 5.12. The van der Waals surface area contributed by atoms with Crippen LogP contribution in [0, 0.1) is 6.92 Å². The van der Waals surface area contributed by atoms with E-state index < -0.39 is 0 Å². The van der Waals surface area contributed by atoms with Crippen LogP contribution in [0.3, 0.4) is 0 Å². The van der Waals surface area contributed by atoms with Gasteiger partial charge in [0.2, 0.25) is 0 Å². The number of hydrogen-bond donors (Lipinski definition) is 1. The van der Waals surface area contributed by atoms with Crippen molar-refractivity contribution in [1.29, 1.82) is 0 Å². The number of aryl methyl sites for hydroxylation is 4. The Bertz CT molecular complexity index is 754.